The molecule has 0 spiro atoms. The monoisotopic (exact) mass is 483 g/mol. The summed E-state index contributed by atoms with van der Waals surface area (Å²) in [6.07, 6.45) is 9.76. The van der Waals surface area contributed by atoms with Gasteiger partial charge in [-0.2, -0.15) is 0 Å². The van der Waals surface area contributed by atoms with Gasteiger partial charge in [0.1, 0.15) is 5.69 Å². The number of nitrogens with one attached hydrogen (secondary N) is 2. The first kappa shape index (κ1) is 23.7. The van der Waals surface area contributed by atoms with E-state index >= 15 is 0 Å². The predicted molar refractivity (Wildman–Crippen MR) is 142 cm³/mol. The quantitative estimate of drug-likeness (QED) is 0.445. The summed E-state index contributed by atoms with van der Waals surface area (Å²) in [6.45, 7) is 6.68. The van der Waals surface area contributed by atoms with E-state index in [0.29, 0.717) is 11.6 Å². The van der Waals surface area contributed by atoms with Crippen LogP contribution in [0.1, 0.15) is 60.4 Å². The molecule has 2 saturated heterocycles. The molecule has 1 aromatic carbocycles. The molecule has 176 valence electrons. The number of piperidine rings is 2. The van der Waals surface area contributed by atoms with Crippen molar-refractivity contribution >= 4 is 45.9 Å². The van der Waals surface area contributed by atoms with E-state index in [1.54, 1.807) is 11.3 Å². The van der Waals surface area contributed by atoms with Crippen LogP contribution in [0.5, 0.6) is 0 Å². The van der Waals surface area contributed by atoms with E-state index in [1.807, 2.05) is 36.6 Å². The van der Waals surface area contributed by atoms with Gasteiger partial charge in [0.15, 0.2) is 5.11 Å². The van der Waals surface area contributed by atoms with E-state index < -0.39 is 0 Å². The zero-order valence-electron chi connectivity index (χ0n) is 19.3. The van der Waals surface area contributed by atoms with Gasteiger partial charge in [-0.15, -0.1) is 11.3 Å². The first-order valence-corrected chi connectivity index (χ1v) is 13.2. The number of carbonyl (C=O) groups excluding carboxylic acids is 1. The molecule has 0 aliphatic carbocycles. The molecule has 0 radical (unpaired) electrons. The number of carbonyl (C=O) groups is 1. The van der Waals surface area contributed by atoms with E-state index in [4.69, 9.17) is 17.2 Å². The third-order valence-corrected chi connectivity index (χ3v) is 7.75. The van der Waals surface area contributed by atoms with Gasteiger partial charge in [0, 0.05) is 44.0 Å². The number of aromatic nitrogens is 1. The van der Waals surface area contributed by atoms with Gasteiger partial charge in [-0.05, 0) is 63.4 Å². The van der Waals surface area contributed by atoms with Gasteiger partial charge in [-0.3, -0.25) is 4.79 Å². The fourth-order valence-electron chi connectivity index (χ4n) is 4.46. The normalized spacial score (nSPS) is 17.4. The van der Waals surface area contributed by atoms with Crippen LogP contribution in [-0.2, 0) is 0 Å². The largest absolute Gasteiger partial charge is 0.370 e. The van der Waals surface area contributed by atoms with Gasteiger partial charge < -0.3 is 20.4 Å². The van der Waals surface area contributed by atoms with Gasteiger partial charge in [0.25, 0.3) is 5.91 Å². The molecule has 2 aromatic rings. The zero-order chi connectivity index (χ0) is 23.0. The SMILES string of the molecule is CC=CCNC(=S)N1CCC(c2nc(C(=O)Nc3ccccc3N3CCCCC3)cs2)CC1. The topological polar surface area (TPSA) is 60.5 Å². The van der Waals surface area contributed by atoms with Crippen LogP contribution >= 0.6 is 23.6 Å². The van der Waals surface area contributed by atoms with Crippen LogP contribution in [0.3, 0.4) is 0 Å². The number of thiazole rings is 1. The number of anilines is 2. The van der Waals surface area contributed by atoms with Crippen molar-refractivity contribution in [2.75, 3.05) is 42.9 Å². The summed E-state index contributed by atoms with van der Waals surface area (Å²) in [6, 6.07) is 8.09. The fourth-order valence-corrected chi connectivity index (χ4v) is 5.70. The molecule has 2 fully saturated rings. The highest BCUT2D eigenvalue weighted by Gasteiger charge is 2.25. The Hall–Kier alpha value is -2.45. The van der Waals surface area contributed by atoms with E-state index in [0.717, 1.165) is 67.1 Å². The lowest BCUT2D eigenvalue weighted by atomic mass is 9.98. The average molecular weight is 484 g/mol. The Morgan fingerprint density at radius 3 is 2.70 bits per heavy atom. The molecule has 6 nitrogen and oxygen atoms in total. The fraction of sp³-hybridized carbons (Fsp3) is 0.480. The molecule has 1 aromatic heterocycles. The summed E-state index contributed by atoms with van der Waals surface area (Å²) in [5.74, 6) is 0.250. The summed E-state index contributed by atoms with van der Waals surface area (Å²) in [4.78, 5) is 22.3. The third-order valence-electron chi connectivity index (χ3n) is 6.34. The van der Waals surface area contributed by atoms with Crippen molar-refractivity contribution in [3.05, 3.63) is 52.5 Å². The lowest BCUT2D eigenvalue weighted by molar-refractivity contribution is 0.102. The third kappa shape index (κ3) is 6.12. The van der Waals surface area contributed by atoms with Gasteiger partial charge in [-0.1, -0.05) is 24.3 Å². The van der Waals surface area contributed by atoms with Gasteiger partial charge in [0.2, 0.25) is 0 Å². The second-order valence-electron chi connectivity index (χ2n) is 8.61. The van der Waals surface area contributed by atoms with Gasteiger partial charge >= 0.3 is 0 Å². The molecule has 33 heavy (non-hydrogen) atoms. The van der Waals surface area contributed by atoms with Crippen LogP contribution in [0.4, 0.5) is 11.4 Å². The number of likely N-dealkylation sites (tertiary alicyclic amines) is 1. The Bertz CT molecular complexity index is 975. The molecule has 4 rings (SSSR count). The Balaban J connectivity index is 1.34. The first-order valence-electron chi connectivity index (χ1n) is 11.9. The molecule has 2 aliphatic heterocycles. The Labute approximate surface area is 206 Å². The number of benzene rings is 1. The molecule has 0 atom stereocenters. The second kappa shape index (κ2) is 11.6. The molecule has 8 heteroatoms. The van der Waals surface area contributed by atoms with Crippen molar-refractivity contribution in [1.82, 2.24) is 15.2 Å². The number of hydrogen-bond donors (Lipinski definition) is 2. The van der Waals surface area contributed by atoms with Crippen LogP contribution < -0.4 is 15.5 Å². The minimum absolute atomic E-state index is 0.131. The maximum absolute atomic E-state index is 13.0. The van der Waals surface area contributed by atoms with E-state index in [2.05, 4.69) is 32.6 Å². The number of para-hydroxylation sites is 2. The molecular formula is C25H33N5OS2. The molecule has 0 unspecified atom stereocenters. The molecule has 1 amide bonds. The maximum atomic E-state index is 13.0. The maximum Gasteiger partial charge on any atom is 0.275 e. The van der Waals surface area contributed by atoms with Crippen molar-refractivity contribution in [2.45, 2.75) is 44.9 Å². The van der Waals surface area contributed by atoms with Crippen LogP contribution in [0, 0.1) is 0 Å². The molecule has 0 saturated carbocycles. The Kier molecular flexibility index (Phi) is 8.34. The van der Waals surface area contributed by atoms with Crippen molar-refractivity contribution in [3.8, 4) is 0 Å². The Morgan fingerprint density at radius 1 is 1.18 bits per heavy atom. The molecule has 2 aliphatic rings. The summed E-state index contributed by atoms with van der Waals surface area (Å²) >= 11 is 7.11. The summed E-state index contributed by atoms with van der Waals surface area (Å²) < 4.78 is 0. The molecular weight excluding hydrogens is 450 g/mol. The number of allylic oxidation sites excluding steroid dienone is 1. The predicted octanol–water partition coefficient (Wildman–Crippen LogP) is 5.02. The number of hydrogen-bond acceptors (Lipinski definition) is 5. The highest BCUT2D eigenvalue weighted by Crippen LogP contribution is 2.32. The minimum atomic E-state index is -0.131. The van der Waals surface area contributed by atoms with E-state index in [1.165, 1.54) is 19.3 Å². The lowest BCUT2D eigenvalue weighted by Gasteiger charge is -2.33. The number of nitrogens with zero attached hydrogens (tertiary/aromatic N) is 3. The van der Waals surface area contributed by atoms with Crippen LogP contribution in [0.2, 0.25) is 0 Å². The Morgan fingerprint density at radius 2 is 1.94 bits per heavy atom. The first-order chi connectivity index (χ1) is 16.2. The number of rotatable bonds is 6. The smallest absolute Gasteiger partial charge is 0.275 e. The minimum Gasteiger partial charge on any atom is -0.370 e. The van der Waals surface area contributed by atoms with Crippen molar-refractivity contribution < 1.29 is 4.79 Å². The number of amides is 1. The van der Waals surface area contributed by atoms with Gasteiger partial charge in [0.05, 0.1) is 16.4 Å². The zero-order valence-corrected chi connectivity index (χ0v) is 20.9. The molecule has 2 N–H and O–H groups in total. The molecule has 3 heterocycles. The summed E-state index contributed by atoms with van der Waals surface area (Å²) in [5, 5.41) is 10.2. The summed E-state index contributed by atoms with van der Waals surface area (Å²) in [5.41, 5.74) is 2.48. The van der Waals surface area contributed by atoms with Crippen molar-refractivity contribution in [2.24, 2.45) is 0 Å². The average Bonchev–Trinajstić information content (AvgIpc) is 3.36. The van der Waals surface area contributed by atoms with E-state index in [-0.39, 0.29) is 5.91 Å². The van der Waals surface area contributed by atoms with Crippen LogP contribution in [0.15, 0.2) is 41.8 Å². The van der Waals surface area contributed by atoms with Crippen LogP contribution in [-0.4, -0.2) is 53.6 Å². The standard InChI is InChI=1S/C25H33N5OS2/c1-2-3-13-26-25(32)30-16-11-19(12-17-30)24-28-21(18-33-24)23(31)27-20-9-5-6-10-22(20)29-14-7-4-8-15-29/h2-3,5-6,9-10,18-19H,4,7-8,11-17H2,1H3,(H,26,32)(H,27,31). The van der Waals surface area contributed by atoms with Gasteiger partial charge in [-0.25, -0.2) is 4.98 Å². The lowest BCUT2D eigenvalue weighted by Crippen LogP contribution is -2.43. The van der Waals surface area contributed by atoms with Crippen molar-refractivity contribution in [3.63, 3.8) is 0 Å². The van der Waals surface area contributed by atoms with Crippen LogP contribution in [0.25, 0.3) is 0 Å². The summed E-state index contributed by atoms with van der Waals surface area (Å²) in [7, 11) is 0. The highest BCUT2D eigenvalue weighted by molar-refractivity contribution is 7.80. The highest BCUT2D eigenvalue weighted by atomic mass is 32.1. The van der Waals surface area contributed by atoms with E-state index in [9.17, 15) is 4.79 Å². The number of thiocarbonyl (C=S) groups is 1. The van der Waals surface area contributed by atoms with Crippen molar-refractivity contribution in [1.29, 1.82) is 0 Å². The second-order valence-corrected chi connectivity index (χ2v) is 9.88. The molecule has 0 bridgehead atoms.